The van der Waals surface area contributed by atoms with Crippen molar-refractivity contribution >= 4 is 61.3 Å². The van der Waals surface area contributed by atoms with Gasteiger partial charge in [0.25, 0.3) is 0 Å². The third-order valence-electron chi connectivity index (χ3n) is 6.29. The Kier molecular flexibility index (Phi) is 5.91. The van der Waals surface area contributed by atoms with Gasteiger partial charge in [-0.15, -0.1) is 11.3 Å². The van der Waals surface area contributed by atoms with Crippen molar-refractivity contribution < 1.29 is 13.9 Å². The zero-order valence-corrected chi connectivity index (χ0v) is 22.4. The summed E-state index contributed by atoms with van der Waals surface area (Å²) >= 11 is 15.0. The van der Waals surface area contributed by atoms with Crippen LogP contribution in [0.15, 0.2) is 52.9 Å². The van der Waals surface area contributed by atoms with E-state index in [1.54, 1.807) is 14.2 Å². The molecule has 0 aliphatic carbocycles. The molecule has 0 saturated heterocycles. The highest BCUT2D eigenvalue weighted by Crippen LogP contribution is 2.50. The van der Waals surface area contributed by atoms with Crippen molar-refractivity contribution in [1.82, 2.24) is 0 Å². The number of methoxy groups -OCH3 is 2. The van der Waals surface area contributed by atoms with Gasteiger partial charge in [-0.25, -0.2) is 0 Å². The minimum atomic E-state index is -0.145. The molecule has 4 nitrogen and oxygen atoms in total. The predicted octanol–water partition coefficient (Wildman–Crippen LogP) is 9.19. The zero-order chi connectivity index (χ0) is 25.1. The van der Waals surface area contributed by atoms with E-state index in [-0.39, 0.29) is 10.6 Å². The lowest BCUT2D eigenvalue weighted by molar-refractivity contribution is 0.414. The third-order valence-corrected chi connectivity index (χ3v) is 7.92. The maximum Gasteiger partial charge on any atom is 0.202 e. The summed E-state index contributed by atoms with van der Waals surface area (Å²) in [7, 11) is 3.27. The lowest BCUT2D eigenvalue weighted by Crippen LogP contribution is -2.12. The summed E-state index contributed by atoms with van der Waals surface area (Å²) in [6.07, 6.45) is 0. The highest BCUT2D eigenvalue weighted by molar-refractivity contribution is 7.23. The summed E-state index contributed by atoms with van der Waals surface area (Å²) in [5.74, 6) is 1.48. The summed E-state index contributed by atoms with van der Waals surface area (Å²) < 4.78 is 18.4. The fourth-order valence-corrected chi connectivity index (χ4v) is 6.06. The summed E-state index contributed by atoms with van der Waals surface area (Å²) in [6, 6.07) is 15.9. The number of anilines is 1. The molecule has 5 rings (SSSR count). The van der Waals surface area contributed by atoms with Gasteiger partial charge >= 0.3 is 0 Å². The van der Waals surface area contributed by atoms with Crippen molar-refractivity contribution in [3.05, 3.63) is 63.7 Å². The molecule has 5 aromatic rings. The van der Waals surface area contributed by atoms with Gasteiger partial charge in [-0.3, -0.25) is 0 Å². The van der Waals surface area contributed by atoms with Crippen molar-refractivity contribution in [3.63, 3.8) is 0 Å². The summed E-state index contributed by atoms with van der Waals surface area (Å²) in [5.41, 5.74) is 12.4. The molecule has 7 heteroatoms. The fourth-order valence-electron chi connectivity index (χ4n) is 4.35. The molecule has 0 aliphatic rings. The Balaban J connectivity index is 1.84. The van der Waals surface area contributed by atoms with Crippen LogP contribution in [-0.4, -0.2) is 14.2 Å². The molecule has 0 radical (unpaired) electrons. The smallest absolute Gasteiger partial charge is 0.202 e. The number of nitrogen functional groups attached to an aromatic ring is 1. The molecule has 0 amide bonds. The number of thiophene rings is 1. The molecule has 2 aromatic heterocycles. The molecule has 0 fully saturated rings. The summed E-state index contributed by atoms with van der Waals surface area (Å²) in [5, 5.41) is 2.17. The summed E-state index contributed by atoms with van der Waals surface area (Å²) in [6.45, 7) is 6.51. The van der Waals surface area contributed by atoms with Gasteiger partial charge in [0.15, 0.2) is 0 Å². The quantitative estimate of drug-likeness (QED) is 0.237. The number of halogens is 2. The van der Waals surface area contributed by atoms with Crippen molar-refractivity contribution in [2.24, 2.45) is 0 Å². The van der Waals surface area contributed by atoms with E-state index in [9.17, 15) is 0 Å². The predicted molar refractivity (Wildman–Crippen MR) is 149 cm³/mol. The van der Waals surface area contributed by atoms with Crippen LogP contribution in [0.25, 0.3) is 43.3 Å². The Morgan fingerprint density at radius 3 is 2.06 bits per heavy atom. The summed E-state index contributed by atoms with van der Waals surface area (Å²) in [4.78, 5) is 0. The van der Waals surface area contributed by atoms with E-state index in [1.165, 1.54) is 11.3 Å². The van der Waals surface area contributed by atoms with Crippen LogP contribution in [0, 0.1) is 0 Å². The van der Waals surface area contributed by atoms with Gasteiger partial charge in [-0.2, -0.15) is 0 Å². The SMILES string of the molecule is COc1ccc2c(-c3cc(C(C)(C)C)cc(-c4c(Cl)sc5cc(OC)ccc45)c3N)c(Cl)oc2c1. The number of rotatable bonds is 4. The number of furan rings is 1. The molecular weight excluding hydrogens is 501 g/mol. The Morgan fingerprint density at radius 2 is 1.43 bits per heavy atom. The van der Waals surface area contributed by atoms with Gasteiger partial charge in [-0.1, -0.05) is 32.4 Å². The maximum absolute atomic E-state index is 6.91. The average Bonchev–Trinajstić information content (AvgIpc) is 3.32. The van der Waals surface area contributed by atoms with Crippen molar-refractivity contribution in [3.8, 4) is 33.8 Å². The molecule has 2 N–H and O–H groups in total. The Hall–Kier alpha value is -2.86. The number of fused-ring (bicyclic) bond motifs is 2. The largest absolute Gasteiger partial charge is 0.497 e. The van der Waals surface area contributed by atoms with Crippen LogP contribution < -0.4 is 15.2 Å². The van der Waals surface area contributed by atoms with E-state index in [0.29, 0.717) is 21.4 Å². The van der Waals surface area contributed by atoms with E-state index in [4.69, 9.17) is 42.8 Å². The van der Waals surface area contributed by atoms with E-state index in [0.717, 1.165) is 49.0 Å². The molecule has 0 saturated carbocycles. The van der Waals surface area contributed by atoms with E-state index < -0.39 is 0 Å². The molecule has 3 aromatic carbocycles. The van der Waals surface area contributed by atoms with Crippen molar-refractivity contribution in [1.29, 1.82) is 0 Å². The molecule has 2 heterocycles. The average molecular weight is 526 g/mol. The van der Waals surface area contributed by atoms with Gasteiger partial charge < -0.3 is 19.6 Å². The van der Waals surface area contributed by atoms with Crippen LogP contribution in [0.2, 0.25) is 9.56 Å². The second-order valence-corrected chi connectivity index (χ2v) is 11.5. The monoisotopic (exact) mass is 525 g/mol. The molecule has 0 bridgehead atoms. The van der Waals surface area contributed by atoms with E-state index >= 15 is 0 Å². The van der Waals surface area contributed by atoms with Gasteiger partial charge in [0.2, 0.25) is 5.22 Å². The Labute approximate surface area is 218 Å². The topological polar surface area (TPSA) is 57.6 Å². The Bertz CT molecular complexity index is 1480. The second-order valence-electron chi connectivity index (χ2n) is 9.46. The number of hydrogen-bond donors (Lipinski definition) is 1. The van der Waals surface area contributed by atoms with Crippen molar-refractivity contribution in [2.75, 3.05) is 20.0 Å². The van der Waals surface area contributed by atoms with Gasteiger partial charge in [0.1, 0.15) is 21.4 Å². The fraction of sp³-hybridized carbons (Fsp3) is 0.214. The molecule has 0 aliphatic heterocycles. The molecule has 0 unspecified atom stereocenters. The van der Waals surface area contributed by atoms with Crippen LogP contribution in [0.1, 0.15) is 26.3 Å². The molecule has 0 atom stereocenters. The zero-order valence-electron chi connectivity index (χ0n) is 20.1. The van der Waals surface area contributed by atoms with Crippen molar-refractivity contribution in [2.45, 2.75) is 26.2 Å². The van der Waals surface area contributed by atoms with Crippen LogP contribution in [0.3, 0.4) is 0 Å². The minimum Gasteiger partial charge on any atom is -0.497 e. The lowest BCUT2D eigenvalue weighted by Gasteiger charge is -2.23. The molecule has 0 spiro atoms. The normalized spacial score (nSPS) is 12.0. The van der Waals surface area contributed by atoms with Crippen LogP contribution in [0.4, 0.5) is 5.69 Å². The first-order valence-corrected chi connectivity index (χ1v) is 12.7. The first-order valence-electron chi connectivity index (χ1n) is 11.1. The lowest BCUT2D eigenvalue weighted by atomic mass is 9.82. The highest BCUT2D eigenvalue weighted by atomic mass is 35.5. The Morgan fingerprint density at radius 1 is 0.829 bits per heavy atom. The van der Waals surface area contributed by atoms with Gasteiger partial charge in [-0.05, 0) is 65.0 Å². The van der Waals surface area contributed by atoms with Gasteiger partial charge in [0.05, 0.1) is 14.2 Å². The number of hydrogen-bond acceptors (Lipinski definition) is 5. The number of nitrogens with two attached hydrogens (primary N) is 1. The van der Waals surface area contributed by atoms with E-state index in [2.05, 4.69) is 32.9 Å². The van der Waals surface area contributed by atoms with Crippen LogP contribution in [0.5, 0.6) is 11.5 Å². The van der Waals surface area contributed by atoms with E-state index in [1.807, 2.05) is 36.4 Å². The van der Waals surface area contributed by atoms with Gasteiger partial charge in [0, 0.05) is 49.5 Å². The molecule has 180 valence electrons. The highest BCUT2D eigenvalue weighted by Gasteiger charge is 2.26. The molecular formula is C28H25Cl2NO3S. The molecule has 35 heavy (non-hydrogen) atoms. The maximum atomic E-state index is 6.91. The minimum absolute atomic E-state index is 0.145. The standard InChI is InChI=1S/C28H25Cl2NO3S/c1-28(2,3)14-10-19(23-17-8-6-15(32-4)12-21(17)34-26(23)29)25(31)20(11-14)24-18-9-7-16(33-5)13-22(18)35-27(24)30/h6-13H,31H2,1-5H3. The second kappa shape index (κ2) is 8.66. The first-order chi connectivity index (χ1) is 16.6. The first kappa shape index (κ1) is 23.9. The third kappa shape index (κ3) is 4.02. The van der Waals surface area contributed by atoms with Crippen LogP contribution >= 0.6 is 34.5 Å². The number of ether oxygens (including phenoxy) is 2. The van der Waals surface area contributed by atoms with Crippen LogP contribution in [-0.2, 0) is 5.41 Å². The number of benzene rings is 3.